The van der Waals surface area contributed by atoms with Crippen molar-refractivity contribution >= 4 is 43.0 Å². The van der Waals surface area contributed by atoms with Crippen molar-refractivity contribution in [3.8, 4) is 0 Å². The summed E-state index contributed by atoms with van der Waals surface area (Å²) in [7, 11) is -3.65. The minimum Gasteiger partial charge on any atom is -0.326 e. The van der Waals surface area contributed by atoms with Gasteiger partial charge in [-0.05, 0) is 48.0 Å². The number of anilines is 1. The lowest BCUT2D eigenvalue weighted by Crippen LogP contribution is -2.14. The first kappa shape index (κ1) is 15.4. The van der Waals surface area contributed by atoms with Crippen LogP contribution in [0.2, 0.25) is 0 Å². The van der Waals surface area contributed by atoms with Gasteiger partial charge in [-0.1, -0.05) is 0 Å². The summed E-state index contributed by atoms with van der Waals surface area (Å²) in [6, 6.07) is 5.05. The number of nitrogens with two attached hydrogens (primary N) is 1. The lowest BCUT2D eigenvalue weighted by atomic mass is 10.3. The van der Waals surface area contributed by atoms with Gasteiger partial charge in [0.2, 0.25) is 0 Å². The smallest absolute Gasteiger partial charge is 0.263 e. The molecule has 2 heterocycles. The van der Waals surface area contributed by atoms with Gasteiger partial charge in [-0.25, -0.2) is 8.42 Å². The topological polar surface area (TPSA) is 85.1 Å². The zero-order chi connectivity index (χ0) is 14.9. The van der Waals surface area contributed by atoms with E-state index >= 15 is 0 Å². The molecule has 20 heavy (non-hydrogen) atoms. The van der Waals surface area contributed by atoms with Crippen LogP contribution in [0, 0.1) is 13.8 Å². The van der Waals surface area contributed by atoms with Crippen LogP contribution in [0.4, 0.5) is 5.69 Å². The van der Waals surface area contributed by atoms with Gasteiger partial charge >= 0.3 is 0 Å². The Morgan fingerprint density at radius 3 is 2.65 bits per heavy atom. The number of hydrogen-bond acceptors (Lipinski definition) is 5. The fraction of sp³-hybridized carbons (Fsp3) is 0.250. The number of nitrogens with one attached hydrogen (secondary N) is 1. The van der Waals surface area contributed by atoms with Crippen molar-refractivity contribution in [3.63, 3.8) is 0 Å². The van der Waals surface area contributed by atoms with Crippen molar-refractivity contribution in [1.29, 1.82) is 0 Å². The van der Waals surface area contributed by atoms with E-state index in [1.54, 1.807) is 25.1 Å². The summed E-state index contributed by atoms with van der Waals surface area (Å²) >= 11 is 4.58. The van der Waals surface area contributed by atoms with Gasteiger partial charge in [-0.3, -0.25) is 9.71 Å². The molecule has 0 saturated carbocycles. The number of thiophene rings is 1. The molecule has 0 bridgehead atoms. The summed E-state index contributed by atoms with van der Waals surface area (Å²) in [4.78, 5) is 5.24. The van der Waals surface area contributed by atoms with Crippen molar-refractivity contribution in [3.05, 3.63) is 38.3 Å². The molecule has 0 spiro atoms. The fourth-order valence-electron chi connectivity index (χ4n) is 1.68. The van der Waals surface area contributed by atoms with Crippen LogP contribution in [0.15, 0.2) is 26.9 Å². The molecule has 0 unspecified atom stereocenters. The average molecular weight is 376 g/mol. The third-order valence-corrected chi connectivity index (χ3v) is 6.31. The van der Waals surface area contributed by atoms with E-state index in [2.05, 4.69) is 25.6 Å². The maximum absolute atomic E-state index is 12.4. The third-order valence-electron chi connectivity index (χ3n) is 2.67. The van der Waals surface area contributed by atoms with E-state index < -0.39 is 10.0 Å². The maximum atomic E-state index is 12.4. The molecule has 0 aliphatic carbocycles. The molecule has 0 atom stereocenters. The number of hydrogen-bond donors (Lipinski definition) is 2. The molecule has 0 aliphatic heterocycles. The minimum atomic E-state index is -3.65. The molecule has 2 rings (SSSR count). The van der Waals surface area contributed by atoms with E-state index in [1.165, 1.54) is 11.3 Å². The molecular formula is C12H14BrN3O2S2. The fourth-order valence-corrected chi connectivity index (χ4v) is 5.36. The standard InChI is InChI=1S/C12H14BrN3O2S2/c1-7-3-4-10(8(2)15-7)16-20(17,18)11-5-9(6-14)19-12(11)13/h3-5,16H,6,14H2,1-2H3. The molecule has 5 nitrogen and oxygen atoms in total. The highest BCUT2D eigenvalue weighted by molar-refractivity contribution is 9.11. The van der Waals surface area contributed by atoms with E-state index in [4.69, 9.17) is 5.73 Å². The average Bonchev–Trinajstić information content (AvgIpc) is 2.75. The SMILES string of the molecule is Cc1ccc(NS(=O)(=O)c2cc(CN)sc2Br)c(C)n1. The van der Waals surface area contributed by atoms with Crippen LogP contribution >= 0.6 is 27.3 Å². The van der Waals surface area contributed by atoms with Crippen LogP contribution in [0.3, 0.4) is 0 Å². The van der Waals surface area contributed by atoms with E-state index in [9.17, 15) is 8.42 Å². The molecule has 8 heteroatoms. The summed E-state index contributed by atoms with van der Waals surface area (Å²) in [6.07, 6.45) is 0. The number of halogens is 1. The first-order chi connectivity index (χ1) is 9.33. The quantitative estimate of drug-likeness (QED) is 0.859. The number of aromatic nitrogens is 1. The van der Waals surface area contributed by atoms with Crippen LogP contribution in [0.5, 0.6) is 0 Å². The molecule has 0 aliphatic rings. The summed E-state index contributed by atoms with van der Waals surface area (Å²) in [6.45, 7) is 3.93. The Morgan fingerprint density at radius 2 is 2.10 bits per heavy atom. The second-order valence-corrected chi connectivity index (χ2v) is 8.35. The first-order valence-electron chi connectivity index (χ1n) is 5.79. The monoisotopic (exact) mass is 375 g/mol. The lowest BCUT2D eigenvalue weighted by Gasteiger charge is -2.09. The van der Waals surface area contributed by atoms with Gasteiger partial charge in [-0.15, -0.1) is 11.3 Å². The van der Waals surface area contributed by atoms with Gasteiger partial charge in [0.15, 0.2) is 0 Å². The Kier molecular flexibility index (Phi) is 4.48. The maximum Gasteiger partial charge on any atom is 0.263 e. The van der Waals surface area contributed by atoms with Crippen molar-refractivity contribution in [2.24, 2.45) is 5.73 Å². The summed E-state index contributed by atoms with van der Waals surface area (Å²) < 4.78 is 27.9. The molecule has 108 valence electrons. The Labute approximate surface area is 130 Å². The third kappa shape index (κ3) is 3.20. The summed E-state index contributed by atoms with van der Waals surface area (Å²) in [5, 5.41) is 0. The van der Waals surface area contributed by atoms with Crippen LogP contribution in [-0.4, -0.2) is 13.4 Å². The van der Waals surface area contributed by atoms with Crippen molar-refractivity contribution < 1.29 is 8.42 Å². The number of aryl methyl sites for hydroxylation is 2. The normalized spacial score (nSPS) is 11.6. The second-order valence-electron chi connectivity index (χ2n) is 4.25. The summed E-state index contributed by atoms with van der Waals surface area (Å²) in [5.74, 6) is 0. The molecule has 2 aromatic heterocycles. The molecule has 0 amide bonds. The van der Waals surface area contributed by atoms with Gasteiger partial charge in [0, 0.05) is 17.1 Å². The second kappa shape index (κ2) is 5.80. The van der Waals surface area contributed by atoms with Crippen LogP contribution < -0.4 is 10.5 Å². The number of rotatable bonds is 4. The molecule has 0 fully saturated rings. The predicted octanol–water partition coefficient (Wildman–Crippen LogP) is 2.78. The van der Waals surface area contributed by atoms with Crippen LogP contribution in [0.1, 0.15) is 16.3 Å². The summed E-state index contributed by atoms with van der Waals surface area (Å²) in [5.41, 5.74) is 7.49. The Bertz CT molecular complexity index is 741. The van der Waals surface area contributed by atoms with Crippen LogP contribution in [0.25, 0.3) is 0 Å². The van der Waals surface area contributed by atoms with Gasteiger partial charge in [0.05, 0.1) is 15.2 Å². The molecule has 0 saturated heterocycles. The molecular weight excluding hydrogens is 362 g/mol. The minimum absolute atomic E-state index is 0.197. The molecule has 3 N–H and O–H groups in total. The highest BCUT2D eigenvalue weighted by Gasteiger charge is 2.21. The largest absolute Gasteiger partial charge is 0.326 e. The molecule has 0 aromatic carbocycles. The van der Waals surface area contributed by atoms with Gasteiger partial charge in [-0.2, -0.15) is 0 Å². The Balaban J connectivity index is 2.38. The molecule has 0 radical (unpaired) electrons. The van der Waals surface area contributed by atoms with Gasteiger partial charge in [0.1, 0.15) is 4.90 Å². The highest BCUT2D eigenvalue weighted by Crippen LogP contribution is 2.32. The van der Waals surface area contributed by atoms with Gasteiger partial charge in [0.25, 0.3) is 10.0 Å². The number of sulfonamides is 1. The molecule has 2 aromatic rings. The van der Waals surface area contributed by atoms with E-state index in [0.29, 0.717) is 21.7 Å². The number of pyridine rings is 1. The van der Waals surface area contributed by atoms with Crippen molar-refractivity contribution in [2.45, 2.75) is 25.3 Å². The first-order valence-corrected chi connectivity index (χ1v) is 8.88. The number of nitrogens with zero attached hydrogens (tertiary/aromatic N) is 1. The lowest BCUT2D eigenvalue weighted by molar-refractivity contribution is 0.601. The highest BCUT2D eigenvalue weighted by atomic mass is 79.9. The Hall–Kier alpha value is -0.960. The Morgan fingerprint density at radius 1 is 1.40 bits per heavy atom. The van der Waals surface area contributed by atoms with E-state index in [0.717, 1.165) is 10.6 Å². The van der Waals surface area contributed by atoms with Crippen molar-refractivity contribution in [1.82, 2.24) is 4.98 Å². The zero-order valence-corrected chi connectivity index (χ0v) is 14.2. The van der Waals surface area contributed by atoms with E-state index in [-0.39, 0.29) is 4.90 Å². The van der Waals surface area contributed by atoms with Crippen LogP contribution in [-0.2, 0) is 16.6 Å². The van der Waals surface area contributed by atoms with Gasteiger partial charge < -0.3 is 5.73 Å². The van der Waals surface area contributed by atoms with Crippen molar-refractivity contribution in [2.75, 3.05) is 4.72 Å². The van der Waals surface area contributed by atoms with E-state index in [1.807, 2.05) is 6.92 Å². The zero-order valence-electron chi connectivity index (χ0n) is 11.0. The predicted molar refractivity (Wildman–Crippen MR) is 84.4 cm³/mol.